The summed E-state index contributed by atoms with van der Waals surface area (Å²) >= 11 is 0. The Bertz CT molecular complexity index is 1050. The molecule has 0 aliphatic heterocycles. The maximum Gasteiger partial charge on any atom is 0.241 e. The number of rotatable bonds is 8. The van der Waals surface area contributed by atoms with E-state index >= 15 is 0 Å². The van der Waals surface area contributed by atoms with E-state index in [4.69, 9.17) is 9.15 Å². The van der Waals surface area contributed by atoms with Crippen molar-refractivity contribution in [2.24, 2.45) is 0 Å². The van der Waals surface area contributed by atoms with Gasteiger partial charge in [0.15, 0.2) is 0 Å². The van der Waals surface area contributed by atoms with E-state index in [0.717, 1.165) is 5.56 Å². The third-order valence-electron chi connectivity index (χ3n) is 3.94. The fourth-order valence-electron chi connectivity index (χ4n) is 2.58. The summed E-state index contributed by atoms with van der Waals surface area (Å²) in [7, 11) is -2.18. The summed E-state index contributed by atoms with van der Waals surface area (Å²) in [6.45, 7) is 0.0434. The number of amides is 1. The minimum Gasteiger partial charge on any atom is -0.497 e. The van der Waals surface area contributed by atoms with Crippen molar-refractivity contribution in [2.75, 3.05) is 12.4 Å². The van der Waals surface area contributed by atoms with Crippen LogP contribution in [-0.2, 0) is 27.8 Å². The number of ether oxygens (including phenoxy) is 1. The molecule has 1 amide bonds. The van der Waals surface area contributed by atoms with E-state index in [-0.39, 0.29) is 23.8 Å². The lowest BCUT2D eigenvalue weighted by Crippen LogP contribution is -2.23. The molecule has 2 aromatic carbocycles. The van der Waals surface area contributed by atoms with E-state index in [1.54, 1.807) is 49.6 Å². The third-order valence-corrected chi connectivity index (χ3v) is 5.34. The molecule has 1 heterocycles. The maximum absolute atomic E-state index is 12.4. The van der Waals surface area contributed by atoms with Crippen molar-refractivity contribution in [3.05, 3.63) is 78.3 Å². The van der Waals surface area contributed by atoms with Crippen LogP contribution in [0.3, 0.4) is 0 Å². The van der Waals surface area contributed by atoms with Gasteiger partial charge in [-0.1, -0.05) is 18.2 Å². The van der Waals surface area contributed by atoms with Gasteiger partial charge in [0.2, 0.25) is 15.9 Å². The summed E-state index contributed by atoms with van der Waals surface area (Å²) in [6.07, 6.45) is 1.62. The van der Waals surface area contributed by atoms with Crippen molar-refractivity contribution in [3.63, 3.8) is 0 Å². The lowest BCUT2D eigenvalue weighted by atomic mass is 10.1. The molecule has 0 spiro atoms. The Morgan fingerprint density at radius 3 is 2.64 bits per heavy atom. The van der Waals surface area contributed by atoms with E-state index < -0.39 is 10.0 Å². The second-order valence-corrected chi connectivity index (χ2v) is 7.78. The Morgan fingerprint density at radius 1 is 1.07 bits per heavy atom. The smallest absolute Gasteiger partial charge is 0.241 e. The van der Waals surface area contributed by atoms with E-state index in [2.05, 4.69) is 10.0 Å². The molecule has 0 saturated heterocycles. The largest absolute Gasteiger partial charge is 0.497 e. The first kappa shape index (κ1) is 19.7. The molecule has 3 rings (SSSR count). The van der Waals surface area contributed by atoms with Crippen LogP contribution in [-0.4, -0.2) is 21.4 Å². The molecule has 0 radical (unpaired) electrons. The summed E-state index contributed by atoms with van der Waals surface area (Å²) in [6, 6.07) is 16.6. The van der Waals surface area contributed by atoms with Gasteiger partial charge in [0.05, 0.1) is 31.2 Å². The Balaban J connectivity index is 1.65. The molecule has 0 unspecified atom stereocenters. The van der Waals surface area contributed by atoms with Crippen LogP contribution < -0.4 is 14.8 Å². The van der Waals surface area contributed by atoms with E-state index in [1.807, 2.05) is 6.07 Å². The highest BCUT2D eigenvalue weighted by Crippen LogP contribution is 2.17. The van der Waals surface area contributed by atoms with Crippen LogP contribution >= 0.6 is 0 Å². The van der Waals surface area contributed by atoms with Crippen molar-refractivity contribution < 1.29 is 22.4 Å². The number of nitrogens with one attached hydrogen (secondary N) is 2. The normalized spacial score (nSPS) is 11.2. The lowest BCUT2D eigenvalue weighted by Gasteiger charge is -2.09. The van der Waals surface area contributed by atoms with Gasteiger partial charge in [0.25, 0.3) is 0 Å². The van der Waals surface area contributed by atoms with Crippen LogP contribution in [0.2, 0.25) is 0 Å². The predicted octanol–water partition coefficient (Wildman–Crippen LogP) is 2.95. The Hall–Kier alpha value is -3.10. The molecular weight excluding hydrogens is 380 g/mol. The Kier molecular flexibility index (Phi) is 6.13. The van der Waals surface area contributed by atoms with E-state index in [9.17, 15) is 13.2 Å². The van der Waals surface area contributed by atoms with E-state index in [0.29, 0.717) is 17.2 Å². The predicted molar refractivity (Wildman–Crippen MR) is 105 cm³/mol. The SMILES string of the molecule is COc1cccc(CC(=O)Nc2cccc(S(=O)(=O)NCc3ccco3)c2)c1. The number of furan rings is 1. The van der Waals surface area contributed by atoms with Crippen molar-refractivity contribution in [2.45, 2.75) is 17.9 Å². The van der Waals surface area contributed by atoms with Gasteiger partial charge in [-0.25, -0.2) is 13.1 Å². The number of benzene rings is 2. The van der Waals surface area contributed by atoms with Gasteiger partial charge in [0, 0.05) is 5.69 Å². The molecule has 2 N–H and O–H groups in total. The molecule has 1 aromatic heterocycles. The van der Waals surface area contributed by atoms with Crippen LogP contribution in [0.5, 0.6) is 5.75 Å². The van der Waals surface area contributed by atoms with Gasteiger partial charge in [-0.15, -0.1) is 0 Å². The Morgan fingerprint density at radius 2 is 1.89 bits per heavy atom. The standard InChI is InChI=1S/C20H20N2O5S/c1-26-17-7-2-5-15(11-17)12-20(23)22-16-6-3-9-19(13-16)28(24,25)21-14-18-8-4-10-27-18/h2-11,13,21H,12,14H2,1H3,(H,22,23). The first-order valence-electron chi connectivity index (χ1n) is 8.51. The van der Waals surface area contributed by atoms with Gasteiger partial charge in [-0.3, -0.25) is 4.79 Å². The number of carbonyl (C=O) groups is 1. The number of hydrogen-bond acceptors (Lipinski definition) is 5. The first-order valence-corrected chi connectivity index (χ1v) is 9.99. The number of anilines is 1. The van der Waals surface area contributed by atoms with Crippen LogP contribution in [0.4, 0.5) is 5.69 Å². The monoisotopic (exact) mass is 400 g/mol. The number of sulfonamides is 1. The van der Waals surface area contributed by atoms with Gasteiger partial charge in [-0.05, 0) is 48.0 Å². The minimum absolute atomic E-state index is 0.0434. The van der Waals surface area contributed by atoms with Crippen LogP contribution in [0.25, 0.3) is 0 Å². The number of carbonyl (C=O) groups excluding carboxylic acids is 1. The van der Waals surface area contributed by atoms with Gasteiger partial charge in [-0.2, -0.15) is 0 Å². The van der Waals surface area contributed by atoms with Crippen LogP contribution in [0.15, 0.2) is 76.2 Å². The quantitative estimate of drug-likeness (QED) is 0.606. The molecule has 0 aliphatic carbocycles. The number of hydrogen-bond donors (Lipinski definition) is 2. The van der Waals surface area contributed by atoms with Crippen molar-refractivity contribution in [1.82, 2.24) is 4.72 Å². The number of methoxy groups -OCH3 is 1. The van der Waals surface area contributed by atoms with Gasteiger partial charge >= 0.3 is 0 Å². The molecule has 0 bridgehead atoms. The van der Waals surface area contributed by atoms with Crippen LogP contribution in [0, 0.1) is 0 Å². The molecule has 0 aliphatic rings. The van der Waals surface area contributed by atoms with Crippen LogP contribution in [0.1, 0.15) is 11.3 Å². The van der Waals surface area contributed by atoms with Crippen molar-refractivity contribution in [3.8, 4) is 5.75 Å². The summed E-state index contributed by atoms with van der Waals surface area (Å²) < 4.78 is 37.6. The topological polar surface area (TPSA) is 97.6 Å². The molecule has 0 saturated carbocycles. The third kappa shape index (κ3) is 5.21. The zero-order chi connectivity index (χ0) is 20.0. The average molecular weight is 400 g/mol. The summed E-state index contributed by atoms with van der Waals surface area (Å²) in [5.74, 6) is 0.915. The fourth-order valence-corrected chi connectivity index (χ4v) is 3.62. The molecule has 28 heavy (non-hydrogen) atoms. The maximum atomic E-state index is 12.4. The Labute approximate surface area is 163 Å². The fraction of sp³-hybridized carbons (Fsp3) is 0.150. The average Bonchev–Trinajstić information content (AvgIpc) is 3.20. The highest BCUT2D eigenvalue weighted by molar-refractivity contribution is 7.89. The minimum atomic E-state index is -3.74. The molecule has 146 valence electrons. The highest BCUT2D eigenvalue weighted by Gasteiger charge is 2.15. The molecular formula is C20H20N2O5S. The van der Waals surface area contributed by atoms with E-state index in [1.165, 1.54) is 18.4 Å². The zero-order valence-corrected chi connectivity index (χ0v) is 16.0. The molecule has 8 heteroatoms. The second-order valence-electron chi connectivity index (χ2n) is 6.01. The van der Waals surface area contributed by atoms with Gasteiger partial charge < -0.3 is 14.5 Å². The zero-order valence-electron chi connectivity index (χ0n) is 15.2. The summed E-state index contributed by atoms with van der Waals surface area (Å²) in [4.78, 5) is 12.3. The highest BCUT2D eigenvalue weighted by atomic mass is 32.2. The molecule has 7 nitrogen and oxygen atoms in total. The summed E-state index contributed by atoms with van der Waals surface area (Å²) in [5, 5.41) is 2.72. The van der Waals surface area contributed by atoms with Crippen molar-refractivity contribution in [1.29, 1.82) is 0 Å². The summed E-state index contributed by atoms with van der Waals surface area (Å²) in [5.41, 5.74) is 1.19. The molecule has 0 atom stereocenters. The lowest BCUT2D eigenvalue weighted by molar-refractivity contribution is -0.115. The second kappa shape index (κ2) is 8.73. The molecule has 3 aromatic rings. The van der Waals surface area contributed by atoms with Crippen molar-refractivity contribution >= 4 is 21.6 Å². The first-order chi connectivity index (χ1) is 13.5. The van der Waals surface area contributed by atoms with Gasteiger partial charge in [0.1, 0.15) is 11.5 Å². The molecule has 0 fully saturated rings.